The number of ketones is 1. The van der Waals surface area contributed by atoms with Crippen molar-refractivity contribution in [1.82, 2.24) is 4.90 Å². The molecule has 1 aliphatic rings. The summed E-state index contributed by atoms with van der Waals surface area (Å²) in [5.41, 5.74) is 0.941. The lowest BCUT2D eigenvalue weighted by Gasteiger charge is -2.36. The second kappa shape index (κ2) is 8.91. The molecule has 0 aliphatic carbocycles. The van der Waals surface area contributed by atoms with Gasteiger partial charge in [0, 0.05) is 43.3 Å². The molecule has 0 aromatic heterocycles. The highest BCUT2D eigenvalue weighted by Gasteiger charge is 2.20. The first-order valence-electron chi connectivity index (χ1n) is 8.79. The third kappa shape index (κ3) is 5.12. The molecule has 27 heavy (non-hydrogen) atoms. The Morgan fingerprint density at radius 3 is 2.48 bits per heavy atom. The minimum atomic E-state index is -0.350. The van der Waals surface area contributed by atoms with Crippen molar-refractivity contribution in [3.8, 4) is 5.75 Å². The second-order valence-corrected chi connectivity index (χ2v) is 7.32. The van der Waals surface area contributed by atoms with Crippen LogP contribution in [0.2, 0.25) is 10.0 Å². The zero-order chi connectivity index (χ0) is 19.4. The largest absolute Gasteiger partial charge is 0.491 e. The van der Waals surface area contributed by atoms with E-state index in [4.69, 9.17) is 27.9 Å². The van der Waals surface area contributed by atoms with Crippen LogP contribution in [0.4, 0.5) is 10.1 Å². The standard InChI is InChI=1S/C20H21Cl2FN2O2/c1-14(26)15-2-4-19(18(23)12-15)25-8-6-24(7-9-25)10-11-27-20-5-3-16(21)13-17(20)22/h2-5,12-13H,6-11H2,1H3. The summed E-state index contributed by atoms with van der Waals surface area (Å²) in [6.45, 7) is 5.78. The van der Waals surface area contributed by atoms with Gasteiger partial charge in [-0.15, -0.1) is 0 Å². The fourth-order valence-electron chi connectivity index (χ4n) is 3.07. The van der Waals surface area contributed by atoms with Gasteiger partial charge >= 0.3 is 0 Å². The van der Waals surface area contributed by atoms with Crippen molar-refractivity contribution in [2.24, 2.45) is 0 Å². The van der Waals surface area contributed by atoms with Crippen molar-refractivity contribution in [2.45, 2.75) is 6.92 Å². The Morgan fingerprint density at radius 2 is 1.85 bits per heavy atom. The van der Waals surface area contributed by atoms with Crippen molar-refractivity contribution >= 4 is 34.7 Å². The van der Waals surface area contributed by atoms with Crippen LogP contribution in [-0.2, 0) is 0 Å². The number of anilines is 1. The number of hydrogen-bond donors (Lipinski definition) is 0. The molecule has 4 nitrogen and oxygen atoms in total. The van der Waals surface area contributed by atoms with E-state index in [0.29, 0.717) is 33.7 Å². The number of hydrogen-bond acceptors (Lipinski definition) is 4. The second-order valence-electron chi connectivity index (χ2n) is 6.47. The molecule has 0 bridgehead atoms. The molecule has 7 heteroatoms. The molecule has 2 aromatic rings. The van der Waals surface area contributed by atoms with E-state index in [0.717, 1.165) is 32.7 Å². The third-order valence-corrected chi connectivity index (χ3v) is 5.16. The first-order valence-corrected chi connectivity index (χ1v) is 9.55. The molecular formula is C20H21Cl2FN2O2. The Kier molecular flexibility index (Phi) is 6.58. The number of carbonyl (C=O) groups excluding carboxylic acids is 1. The SMILES string of the molecule is CC(=O)c1ccc(N2CCN(CCOc3ccc(Cl)cc3Cl)CC2)c(F)c1. The quantitative estimate of drug-likeness (QED) is 0.654. The third-order valence-electron chi connectivity index (χ3n) is 4.63. The minimum absolute atomic E-state index is 0.133. The first kappa shape index (κ1) is 19.9. The maximum atomic E-state index is 14.3. The minimum Gasteiger partial charge on any atom is -0.491 e. The highest BCUT2D eigenvalue weighted by molar-refractivity contribution is 6.35. The van der Waals surface area contributed by atoms with Gasteiger partial charge in [-0.25, -0.2) is 4.39 Å². The molecule has 1 heterocycles. The van der Waals surface area contributed by atoms with Gasteiger partial charge in [-0.1, -0.05) is 23.2 Å². The summed E-state index contributed by atoms with van der Waals surface area (Å²) < 4.78 is 20.0. The van der Waals surface area contributed by atoms with Crippen LogP contribution in [0, 0.1) is 5.82 Å². The van der Waals surface area contributed by atoms with Gasteiger partial charge < -0.3 is 9.64 Å². The van der Waals surface area contributed by atoms with E-state index in [1.165, 1.54) is 13.0 Å². The molecule has 2 aromatic carbocycles. The zero-order valence-electron chi connectivity index (χ0n) is 15.1. The van der Waals surface area contributed by atoms with Gasteiger partial charge in [-0.3, -0.25) is 9.69 Å². The van der Waals surface area contributed by atoms with Crippen LogP contribution in [-0.4, -0.2) is 50.0 Å². The van der Waals surface area contributed by atoms with Crippen LogP contribution in [0.25, 0.3) is 0 Å². The Morgan fingerprint density at radius 1 is 1.11 bits per heavy atom. The maximum Gasteiger partial charge on any atom is 0.159 e. The zero-order valence-corrected chi connectivity index (χ0v) is 16.6. The molecule has 0 N–H and O–H groups in total. The summed E-state index contributed by atoms with van der Waals surface area (Å²) in [7, 11) is 0. The Labute approximate surface area is 168 Å². The molecule has 3 rings (SSSR count). The lowest BCUT2D eigenvalue weighted by Crippen LogP contribution is -2.47. The van der Waals surface area contributed by atoms with E-state index >= 15 is 0 Å². The van der Waals surface area contributed by atoms with Gasteiger partial charge in [-0.05, 0) is 43.3 Å². The number of rotatable bonds is 6. The van der Waals surface area contributed by atoms with Gasteiger partial charge in [0.15, 0.2) is 5.78 Å². The fraction of sp³-hybridized carbons (Fsp3) is 0.350. The molecule has 0 radical (unpaired) electrons. The van der Waals surface area contributed by atoms with Gasteiger partial charge in [0.05, 0.1) is 10.7 Å². The number of carbonyl (C=O) groups is 1. The Bertz CT molecular complexity index is 824. The molecule has 0 saturated carbocycles. The number of Topliss-reactive ketones (excluding diaryl/α,β-unsaturated/α-hetero) is 1. The van der Waals surface area contributed by atoms with Crippen molar-refractivity contribution in [1.29, 1.82) is 0 Å². The molecule has 1 saturated heterocycles. The summed E-state index contributed by atoms with van der Waals surface area (Å²) in [6.07, 6.45) is 0. The fourth-order valence-corrected chi connectivity index (χ4v) is 3.53. The molecule has 0 spiro atoms. The monoisotopic (exact) mass is 410 g/mol. The predicted octanol–water partition coefficient (Wildman–Crippen LogP) is 4.54. The summed E-state index contributed by atoms with van der Waals surface area (Å²) in [5.74, 6) is 0.134. The smallest absolute Gasteiger partial charge is 0.159 e. The van der Waals surface area contributed by atoms with Gasteiger partial charge in [-0.2, -0.15) is 0 Å². The topological polar surface area (TPSA) is 32.8 Å². The molecule has 1 aliphatic heterocycles. The van der Waals surface area contributed by atoms with Crippen molar-refractivity contribution in [2.75, 3.05) is 44.2 Å². The Hall–Kier alpha value is -1.82. The average molecular weight is 411 g/mol. The first-order chi connectivity index (χ1) is 12.9. The van der Waals surface area contributed by atoms with Crippen LogP contribution >= 0.6 is 23.2 Å². The molecule has 0 atom stereocenters. The number of ether oxygens (including phenoxy) is 1. The normalized spacial score (nSPS) is 15.0. The molecule has 0 amide bonds. The lowest BCUT2D eigenvalue weighted by atomic mass is 10.1. The van der Waals surface area contributed by atoms with E-state index < -0.39 is 0 Å². The van der Waals surface area contributed by atoms with E-state index in [2.05, 4.69) is 4.90 Å². The van der Waals surface area contributed by atoms with Gasteiger partial charge in [0.2, 0.25) is 0 Å². The van der Waals surface area contributed by atoms with E-state index in [1.54, 1.807) is 30.3 Å². The Balaban J connectivity index is 1.48. The van der Waals surface area contributed by atoms with Crippen LogP contribution in [0.5, 0.6) is 5.75 Å². The molecular weight excluding hydrogens is 390 g/mol. The van der Waals surface area contributed by atoms with Crippen LogP contribution in [0.1, 0.15) is 17.3 Å². The number of halogens is 3. The highest BCUT2D eigenvalue weighted by atomic mass is 35.5. The lowest BCUT2D eigenvalue weighted by molar-refractivity contribution is 0.101. The average Bonchev–Trinajstić information content (AvgIpc) is 2.64. The van der Waals surface area contributed by atoms with E-state index in [9.17, 15) is 9.18 Å². The summed E-state index contributed by atoms with van der Waals surface area (Å²) in [5, 5.41) is 1.07. The molecule has 144 valence electrons. The number of benzene rings is 2. The van der Waals surface area contributed by atoms with Crippen molar-refractivity contribution in [3.05, 3.63) is 57.8 Å². The molecule has 0 unspecified atom stereocenters. The van der Waals surface area contributed by atoms with Crippen LogP contribution < -0.4 is 9.64 Å². The van der Waals surface area contributed by atoms with Gasteiger partial charge in [0.25, 0.3) is 0 Å². The highest BCUT2D eigenvalue weighted by Crippen LogP contribution is 2.27. The van der Waals surface area contributed by atoms with E-state index in [1.807, 2.05) is 4.90 Å². The summed E-state index contributed by atoms with van der Waals surface area (Å²) in [6, 6.07) is 9.84. The summed E-state index contributed by atoms with van der Waals surface area (Å²) >= 11 is 12.0. The maximum absolute atomic E-state index is 14.3. The number of piperazine rings is 1. The van der Waals surface area contributed by atoms with Crippen LogP contribution in [0.15, 0.2) is 36.4 Å². The van der Waals surface area contributed by atoms with Gasteiger partial charge in [0.1, 0.15) is 18.2 Å². The van der Waals surface area contributed by atoms with Crippen molar-refractivity contribution < 1.29 is 13.9 Å². The summed E-state index contributed by atoms with van der Waals surface area (Å²) in [4.78, 5) is 15.6. The molecule has 1 fully saturated rings. The van der Waals surface area contributed by atoms with E-state index in [-0.39, 0.29) is 11.6 Å². The van der Waals surface area contributed by atoms with Crippen molar-refractivity contribution in [3.63, 3.8) is 0 Å². The van der Waals surface area contributed by atoms with Crippen LogP contribution in [0.3, 0.4) is 0 Å². The number of nitrogens with zero attached hydrogens (tertiary/aromatic N) is 2. The predicted molar refractivity (Wildman–Crippen MR) is 107 cm³/mol.